The van der Waals surface area contributed by atoms with Gasteiger partial charge in [-0.25, -0.2) is 8.78 Å². The Morgan fingerprint density at radius 3 is 2.26 bits per heavy atom. The van der Waals surface area contributed by atoms with Crippen molar-refractivity contribution in [2.75, 3.05) is 18.0 Å². The van der Waals surface area contributed by atoms with E-state index in [1.165, 1.54) is 0 Å². The summed E-state index contributed by atoms with van der Waals surface area (Å²) in [6.07, 6.45) is 2.98. The highest BCUT2D eigenvalue weighted by Gasteiger charge is 2.36. The van der Waals surface area contributed by atoms with Gasteiger partial charge in [-0.3, -0.25) is 0 Å². The Balaban J connectivity index is 2.32. The fourth-order valence-electron chi connectivity index (χ4n) is 2.89. The minimum Gasteiger partial charge on any atom is -0.366 e. The van der Waals surface area contributed by atoms with Crippen LogP contribution in [0.2, 0.25) is 0 Å². The zero-order chi connectivity index (χ0) is 14.0. The number of halogens is 2. The summed E-state index contributed by atoms with van der Waals surface area (Å²) in [7, 11) is 0. The van der Waals surface area contributed by atoms with E-state index in [0.29, 0.717) is 13.1 Å². The van der Waals surface area contributed by atoms with Gasteiger partial charge in [0.05, 0.1) is 11.6 Å². The lowest BCUT2D eigenvalue weighted by Crippen LogP contribution is -2.27. The Hall–Kier alpha value is -1.63. The molecule has 1 aliphatic rings. The quantitative estimate of drug-likeness (QED) is 0.829. The lowest BCUT2D eigenvalue weighted by Gasteiger charge is -2.27. The van der Waals surface area contributed by atoms with E-state index in [4.69, 9.17) is 5.26 Å². The average molecular weight is 264 g/mol. The van der Waals surface area contributed by atoms with Crippen LogP contribution in [0.3, 0.4) is 0 Å². The van der Waals surface area contributed by atoms with Crippen LogP contribution in [0.25, 0.3) is 0 Å². The fraction of sp³-hybridized carbons (Fsp3) is 0.533. The van der Waals surface area contributed by atoms with Gasteiger partial charge < -0.3 is 4.90 Å². The smallest absolute Gasteiger partial charge is 0.150 e. The Labute approximate surface area is 112 Å². The highest BCUT2D eigenvalue weighted by atomic mass is 19.1. The molecule has 1 aliphatic heterocycles. The van der Waals surface area contributed by atoms with E-state index in [1.807, 2.05) is 0 Å². The predicted molar refractivity (Wildman–Crippen MR) is 70.9 cm³/mol. The molecule has 0 bridgehead atoms. The lowest BCUT2D eigenvalue weighted by molar-refractivity contribution is 0.301. The monoisotopic (exact) mass is 264 g/mol. The van der Waals surface area contributed by atoms with Gasteiger partial charge in [0, 0.05) is 13.1 Å². The van der Waals surface area contributed by atoms with E-state index in [0.717, 1.165) is 31.4 Å². The molecule has 4 heteroatoms. The van der Waals surface area contributed by atoms with E-state index in [1.54, 1.807) is 11.0 Å². The molecule has 1 saturated heterocycles. The van der Waals surface area contributed by atoms with Gasteiger partial charge in [0.15, 0.2) is 11.6 Å². The molecule has 0 atom stereocenters. The molecule has 0 aromatic heterocycles. The van der Waals surface area contributed by atoms with Gasteiger partial charge in [0.1, 0.15) is 5.69 Å². The zero-order valence-corrected chi connectivity index (χ0v) is 11.3. The van der Waals surface area contributed by atoms with Crippen molar-refractivity contribution in [3.63, 3.8) is 0 Å². The topological polar surface area (TPSA) is 27.0 Å². The summed E-state index contributed by atoms with van der Waals surface area (Å²) in [6, 6.07) is 3.98. The van der Waals surface area contributed by atoms with Crippen molar-refractivity contribution in [3.8, 4) is 6.07 Å². The first-order chi connectivity index (χ1) is 9.05. The first-order valence-electron chi connectivity index (χ1n) is 6.69. The molecule has 0 spiro atoms. The molecule has 0 saturated carbocycles. The number of hydrogen-bond donors (Lipinski definition) is 0. The van der Waals surface area contributed by atoms with E-state index in [-0.39, 0.29) is 16.7 Å². The number of rotatable bonds is 3. The summed E-state index contributed by atoms with van der Waals surface area (Å²) in [5.41, 5.74) is 0.199. The average Bonchev–Trinajstić information content (AvgIpc) is 2.82. The fourth-order valence-corrected chi connectivity index (χ4v) is 2.89. The molecule has 0 amide bonds. The minimum atomic E-state index is -0.639. The van der Waals surface area contributed by atoms with E-state index < -0.39 is 11.6 Å². The summed E-state index contributed by atoms with van der Waals surface area (Å²) in [5, 5.41) is 8.70. The molecule has 0 aliphatic carbocycles. The second-order valence-electron chi connectivity index (χ2n) is 5.28. The first kappa shape index (κ1) is 13.8. The van der Waals surface area contributed by atoms with Gasteiger partial charge in [0.2, 0.25) is 0 Å². The molecule has 0 radical (unpaired) electrons. The largest absolute Gasteiger partial charge is 0.366 e. The maximum Gasteiger partial charge on any atom is 0.150 e. The normalized spacial score (nSPS) is 17.5. The van der Waals surface area contributed by atoms with Crippen molar-refractivity contribution in [2.45, 2.75) is 33.1 Å². The number of nitrogens with zero attached hydrogens (tertiary/aromatic N) is 2. The summed E-state index contributed by atoms with van der Waals surface area (Å²) in [4.78, 5) is 1.78. The summed E-state index contributed by atoms with van der Waals surface area (Å²) in [5.74, 6) is -1.28. The standard InChI is InChI=1S/C15H18F2N2/c1-3-15(4-2)5-6-19(10-15)14-12(16)7-11(9-18)8-13(14)17/h7-8H,3-6,10H2,1-2H3. The van der Waals surface area contributed by atoms with Crippen LogP contribution in [0.15, 0.2) is 12.1 Å². The molecule has 0 unspecified atom stereocenters. The lowest BCUT2D eigenvalue weighted by atomic mass is 9.82. The van der Waals surface area contributed by atoms with Gasteiger partial charge >= 0.3 is 0 Å². The Kier molecular flexibility index (Phi) is 3.75. The molecule has 2 rings (SSSR count). The van der Waals surface area contributed by atoms with Crippen molar-refractivity contribution < 1.29 is 8.78 Å². The number of hydrogen-bond acceptors (Lipinski definition) is 2. The zero-order valence-electron chi connectivity index (χ0n) is 11.3. The van der Waals surface area contributed by atoms with Gasteiger partial charge in [0.25, 0.3) is 0 Å². The third kappa shape index (κ3) is 2.42. The molecule has 1 fully saturated rings. The molecular weight excluding hydrogens is 246 g/mol. The molecule has 2 nitrogen and oxygen atoms in total. The highest BCUT2D eigenvalue weighted by molar-refractivity contribution is 5.53. The number of anilines is 1. The molecular formula is C15H18F2N2. The second-order valence-corrected chi connectivity index (χ2v) is 5.28. The van der Waals surface area contributed by atoms with Crippen molar-refractivity contribution in [3.05, 3.63) is 29.3 Å². The molecule has 0 N–H and O–H groups in total. The number of benzene rings is 1. The minimum absolute atomic E-state index is 0.0165. The summed E-state index contributed by atoms with van der Waals surface area (Å²) in [6.45, 7) is 5.60. The van der Waals surface area contributed by atoms with Gasteiger partial charge in [-0.2, -0.15) is 5.26 Å². The van der Waals surface area contributed by atoms with Gasteiger partial charge in [-0.05, 0) is 36.8 Å². The Bertz CT molecular complexity index is 492. The van der Waals surface area contributed by atoms with Crippen LogP contribution in [0.5, 0.6) is 0 Å². The van der Waals surface area contributed by atoms with Gasteiger partial charge in [-0.15, -0.1) is 0 Å². The summed E-state index contributed by atoms with van der Waals surface area (Å²) < 4.78 is 28.0. The van der Waals surface area contributed by atoms with Crippen LogP contribution in [0.4, 0.5) is 14.5 Å². The second kappa shape index (κ2) is 5.16. The van der Waals surface area contributed by atoms with Crippen molar-refractivity contribution in [2.24, 2.45) is 5.41 Å². The molecule has 1 aromatic rings. The molecule has 1 aromatic carbocycles. The summed E-state index contributed by atoms with van der Waals surface area (Å²) >= 11 is 0. The first-order valence-corrected chi connectivity index (χ1v) is 6.69. The maximum absolute atomic E-state index is 14.0. The van der Waals surface area contributed by atoms with Crippen LogP contribution in [-0.4, -0.2) is 13.1 Å². The van der Waals surface area contributed by atoms with Crippen LogP contribution < -0.4 is 4.90 Å². The van der Waals surface area contributed by atoms with E-state index in [2.05, 4.69) is 13.8 Å². The van der Waals surface area contributed by atoms with Crippen molar-refractivity contribution in [1.82, 2.24) is 0 Å². The van der Waals surface area contributed by atoms with Crippen molar-refractivity contribution in [1.29, 1.82) is 5.26 Å². The molecule has 19 heavy (non-hydrogen) atoms. The Morgan fingerprint density at radius 2 is 1.84 bits per heavy atom. The number of nitriles is 1. The third-order valence-corrected chi connectivity index (χ3v) is 4.40. The van der Waals surface area contributed by atoms with E-state index in [9.17, 15) is 8.78 Å². The SMILES string of the molecule is CCC1(CC)CCN(c2c(F)cc(C#N)cc2F)C1. The molecule has 1 heterocycles. The third-order valence-electron chi connectivity index (χ3n) is 4.40. The Morgan fingerprint density at radius 1 is 1.26 bits per heavy atom. The maximum atomic E-state index is 14.0. The van der Waals surface area contributed by atoms with Gasteiger partial charge in [-0.1, -0.05) is 13.8 Å². The van der Waals surface area contributed by atoms with Crippen LogP contribution >= 0.6 is 0 Å². The van der Waals surface area contributed by atoms with Crippen LogP contribution in [0.1, 0.15) is 38.7 Å². The van der Waals surface area contributed by atoms with Crippen LogP contribution in [0, 0.1) is 28.4 Å². The van der Waals surface area contributed by atoms with E-state index >= 15 is 0 Å². The van der Waals surface area contributed by atoms with Crippen molar-refractivity contribution >= 4 is 5.69 Å². The highest BCUT2D eigenvalue weighted by Crippen LogP contribution is 2.40. The predicted octanol–water partition coefficient (Wildman–Crippen LogP) is 3.85. The molecule has 102 valence electrons. The van der Waals surface area contributed by atoms with Crippen LogP contribution in [-0.2, 0) is 0 Å².